The van der Waals surface area contributed by atoms with Crippen LogP contribution in [0.3, 0.4) is 0 Å². The van der Waals surface area contributed by atoms with Gasteiger partial charge in [0.15, 0.2) is 0 Å². The van der Waals surface area contributed by atoms with Gasteiger partial charge in [-0.3, -0.25) is 4.79 Å². The first-order chi connectivity index (χ1) is 14.0. The highest BCUT2D eigenvalue weighted by atomic mass is 35.5. The summed E-state index contributed by atoms with van der Waals surface area (Å²) in [6.07, 6.45) is 1.22. The number of nitrogens with one attached hydrogen (secondary N) is 1. The molecule has 0 radical (unpaired) electrons. The van der Waals surface area contributed by atoms with Crippen molar-refractivity contribution in [2.45, 2.75) is 39.7 Å². The van der Waals surface area contributed by atoms with Crippen molar-refractivity contribution < 1.29 is 9.53 Å². The number of methoxy groups -OCH3 is 1. The molecule has 0 aliphatic carbocycles. The van der Waals surface area contributed by atoms with E-state index in [0.717, 1.165) is 22.4 Å². The number of aromatic nitrogens is 2. The molecule has 154 valence electrons. The van der Waals surface area contributed by atoms with E-state index in [1.54, 1.807) is 7.11 Å². The van der Waals surface area contributed by atoms with E-state index in [2.05, 4.69) is 35.9 Å². The van der Waals surface area contributed by atoms with Crippen molar-refractivity contribution in [3.8, 4) is 0 Å². The van der Waals surface area contributed by atoms with E-state index in [9.17, 15) is 4.79 Å². The summed E-state index contributed by atoms with van der Waals surface area (Å²) in [5, 5.41) is 3.68. The van der Waals surface area contributed by atoms with Crippen molar-refractivity contribution in [2.24, 2.45) is 0 Å². The molecule has 0 spiro atoms. The van der Waals surface area contributed by atoms with Crippen molar-refractivity contribution in [3.05, 3.63) is 63.9 Å². The molecule has 29 heavy (non-hydrogen) atoms. The number of rotatable bonds is 8. The molecule has 0 aliphatic rings. The van der Waals surface area contributed by atoms with Gasteiger partial charge < -0.3 is 14.6 Å². The third-order valence-electron chi connectivity index (χ3n) is 5.29. The van der Waals surface area contributed by atoms with E-state index < -0.39 is 0 Å². The monoisotopic (exact) mass is 413 g/mol. The number of imidazole rings is 1. The molecular formula is C23H28ClN3O2. The average molecular weight is 414 g/mol. The molecule has 0 fully saturated rings. The van der Waals surface area contributed by atoms with Gasteiger partial charge in [0.2, 0.25) is 5.91 Å². The van der Waals surface area contributed by atoms with Gasteiger partial charge in [-0.05, 0) is 55.2 Å². The summed E-state index contributed by atoms with van der Waals surface area (Å²) in [6.45, 7) is 7.15. The van der Waals surface area contributed by atoms with Gasteiger partial charge in [-0.25, -0.2) is 4.98 Å². The molecule has 0 saturated heterocycles. The molecule has 0 saturated carbocycles. The first kappa shape index (κ1) is 21.3. The van der Waals surface area contributed by atoms with Gasteiger partial charge in [-0.2, -0.15) is 0 Å². The molecule has 3 rings (SSSR count). The summed E-state index contributed by atoms with van der Waals surface area (Å²) < 4.78 is 7.14. The average Bonchev–Trinajstić information content (AvgIpc) is 3.02. The van der Waals surface area contributed by atoms with Gasteiger partial charge in [0.05, 0.1) is 17.6 Å². The molecule has 5 nitrogen and oxygen atoms in total. The summed E-state index contributed by atoms with van der Waals surface area (Å²) >= 11 is 6.41. The van der Waals surface area contributed by atoms with E-state index in [-0.39, 0.29) is 11.9 Å². The minimum Gasteiger partial charge on any atom is -0.383 e. The third-order valence-corrected chi connectivity index (χ3v) is 5.66. The lowest BCUT2D eigenvalue weighted by atomic mass is 10.1. The van der Waals surface area contributed by atoms with Gasteiger partial charge in [-0.1, -0.05) is 36.7 Å². The van der Waals surface area contributed by atoms with Crippen LogP contribution in [0.5, 0.6) is 0 Å². The predicted octanol–water partition coefficient (Wildman–Crippen LogP) is 4.61. The Labute approximate surface area is 177 Å². The molecule has 0 bridgehead atoms. The summed E-state index contributed by atoms with van der Waals surface area (Å²) in [5.74, 6) is 0.814. The van der Waals surface area contributed by atoms with Gasteiger partial charge >= 0.3 is 0 Å². The van der Waals surface area contributed by atoms with E-state index in [1.807, 2.05) is 31.2 Å². The van der Waals surface area contributed by atoms with Crippen LogP contribution in [0, 0.1) is 13.8 Å². The fourth-order valence-electron chi connectivity index (χ4n) is 3.56. The summed E-state index contributed by atoms with van der Waals surface area (Å²) in [5.41, 5.74) is 5.23. The molecule has 3 aromatic rings. The molecule has 0 unspecified atom stereocenters. The van der Waals surface area contributed by atoms with Crippen molar-refractivity contribution in [2.75, 3.05) is 20.3 Å². The van der Waals surface area contributed by atoms with Crippen LogP contribution in [0.2, 0.25) is 5.02 Å². The highest BCUT2D eigenvalue weighted by Gasteiger charge is 2.24. The smallest absolute Gasteiger partial charge is 0.243 e. The van der Waals surface area contributed by atoms with Crippen molar-refractivity contribution in [1.29, 1.82) is 0 Å². The Morgan fingerprint density at radius 3 is 2.66 bits per heavy atom. The summed E-state index contributed by atoms with van der Waals surface area (Å²) in [4.78, 5) is 17.9. The lowest BCUT2D eigenvalue weighted by Gasteiger charge is -2.20. The first-order valence-corrected chi connectivity index (χ1v) is 10.3. The number of amides is 1. The van der Waals surface area contributed by atoms with E-state index in [0.29, 0.717) is 31.0 Å². The SMILES string of the molecule is CC[C@@H](C(=O)NCCOC)n1c(Cc2ccccc2Cl)nc2cc(C)c(C)cc21. The number of ether oxygens (including phenoxy) is 1. The number of benzene rings is 2. The zero-order chi connectivity index (χ0) is 21.0. The number of hydrogen-bond acceptors (Lipinski definition) is 3. The van der Waals surface area contributed by atoms with Crippen LogP contribution >= 0.6 is 11.6 Å². The number of fused-ring (bicyclic) bond motifs is 1. The first-order valence-electron chi connectivity index (χ1n) is 9.94. The molecule has 1 aromatic heterocycles. The molecule has 1 atom stereocenters. The minimum absolute atomic E-state index is 0.0255. The van der Waals surface area contributed by atoms with Crippen LogP contribution in [0.4, 0.5) is 0 Å². The van der Waals surface area contributed by atoms with Gasteiger partial charge in [0, 0.05) is 25.1 Å². The van der Waals surface area contributed by atoms with Crippen molar-refractivity contribution >= 4 is 28.5 Å². The van der Waals surface area contributed by atoms with Crippen LogP contribution in [0.15, 0.2) is 36.4 Å². The lowest BCUT2D eigenvalue weighted by molar-refractivity contribution is -0.124. The van der Waals surface area contributed by atoms with Crippen LogP contribution in [-0.2, 0) is 16.0 Å². The second kappa shape index (κ2) is 9.42. The molecule has 2 aromatic carbocycles. The Hall–Kier alpha value is -2.37. The van der Waals surface area contributed by atoms with Crippen molar-refractivity contribution in [3.63, 3.8) is 0 Å². The highest BCUT2D eigenvalue weighted by molar-refractivity contribution is 6.31. The Morgan fingerprint density at radius 2 is 1.97 bits per heavy atom. The Morgan fingerprint density at radius 1 is 1.24 bits per heavy atom. The largest absolute Gasteiger partial charge is 0.383 e. The number of carbonyl (C=O) groups is 1. The zero-order valence-corrected chi connectivity index (χ0v) is 18.2. The third kappa shape index (κ3) is 4.62. The zero-order valence-electron chi connectivity index (χ0n) is 17.5. The second-order valence-electron chi connectivity index (χ2n) is 7.30. The fourth-order valence-corrected chi connectivity index (χ4v) is 3.77. The molecule has 6 heteroatoms. The maximum Gasteiger partial charge on any atom is 0.243 e. The quantitative estimate of drug-likeness (QED) is 0.548. The topological polar surface area (TPSA) is 56.1 Å². The molecule has 0 aliphatic heterocycles. The van der Waals surface area contributed by atoms with E-state index in [1.165, 1.54) is 11.1 Å². The van der Waals surface area contributed by atoms with Gasteiger partial charge in [0.1, 0.15) is 11.9 Å². The van der Waals surface area contributed by atoms with Crippen LogP contribution < -0.4 is 5.32 Å². The van der Waals surface area contributed by atoms with Crippen LogP contribution in [-0.4, -0.2) is 35.7 Å². The van der Waals surface area contributed by atoms with E-state index in [4.69, 9.17) is 21.3 Å². The van der Waals surface area contributed by atoms with Crippen LogP contribution in [0.1, 0.15) is 41.9 Å². The Bertz CT molecular complexity index is 1010. The lowest BCUT2D eigenvalue weighted by Crippen LogP contribution is -2.35. The fraction of sp³-hybridized carbons (Fsp3) is 0.391. The maximum atomic E-state index is 13.0. The molecule has 1 N–H and O–H groups in total. The van der Waals surface area contributed by atoms with Gasteiger partial charge in [-0.15, -0.1) is 0 Å². The summed E-state index contributed by atoms with van der Waals surface area (Å²) in [6, 6.07) is 11.6. The highest BCUT2D eigenvalue weighted by Crippen LogP contribution is 2.29. The number of hydrogen-bond donors (Lipinski definition) is 1. The molecule has 1 amide bonds. The minimum atomic E-state index is -0.351. The number of aryl methyl sites for hydroxylation is 2. The number of nitrogens with zero attached hydrogens (tertiary/aromatic N) is 2. The van der Waals surface area contributed by atoms with Crippen molar-refractivity contribution in [1.82, 2.24) is 14.9 Å². The molecule has 1 heterocycles. The number of carbonyl (C=O) groups excluding carboxylic acids is 1. The number of halogens is 1. The Balaban J connectivity index is 2.09. The van der Waals surface area contributed by atoms with Crippen LogP contribution in [0.25, 0.3) is 11.0 Å². The standard InChI is InChI=1S/C23H28ClN3O2/c1-5-20(23(28)25-10-11-29-4)27-21-13-16(3)15(2)12-19(21)26-22(27)14-17-8-6-7-9-18(17)24/h6-9,12-13,20H,5,10-11,14H2,1-4H3,(H,25,28)/t20-/m0/s1. The Kier molecular flexibility index (Phi) is 6.93. The summed E-state index contributed by atoms with van der Waals surface area (Å²) in [7, 11) is 1.62. The normalized spacial score (nSPS) is 12.3. The van der Waals surface area contributed by atoms with Gasteiger partial charge in [0.25, 0.3) is 0 Å². The molecular weight excluding hydrogens is 386 g/mol. The maximum absolute atomic E-state index is 13.0. The second-order valence-corrected chi connectivity index (χ2v) is 7.71. The predicted molar refractivity (Wildman–Crippen MR) is 118 cm³/mol. The van der Waals surface area contributed by atoms with E-state index >= 15 is 0 Å².